The smallest absolute Gasteiger partial charge is 0.125 e. The Bertz CT molecular complexity index is 246. The van der Waals surface area contributed by atoms with Gasteiger partial charge in [-0.1, -0.05) is 64.2 Å². The molecule has 2 fully saturated rings. The summed E-state index contributed by atoms with van der Waals surface area (Å²) in [6.45, 7) is 0. The van der Waals surface area contributed by atoms with Crippen LogP contribution >= 0.6 is 33.2 Å². The molecule has 0 unspecified atom stereocenters. The minimum absolute atomic E-state index is 0.0957. The van der Waals surface area contributed by atoms with E-state index < -0.39 is 6.00 Å². The molecule has 0 N–H and O–H groups in total. The highest BCUT2D eigenvalue weighted by Gasteiger charge is 2.55. The molecule has 0 heterocycles. The first-order valence-corrected chi connectivity index (χ1v) is 12.7. The highest BCUT2D eigenvalue weighted by Crippen LogP contribution is 2.62. The predicted octanol–water partition coefficient (Wildman–Crippen LogP) is 6.71. The van der Waals surface area contributed by atoms with Crippen LogP contribution in [0.15, 0.2) is 0 Å². The maximum absolute atomic E-state index is 6.60. The molecule has 2 saturated carbocycles. The maximum atomic E-state index is 6.60. The van der Waals surface area contributed by atoms with E-state index in [0.717, 1.165) is 0 Å². The number of rotatable bonds is 2. The molecule has 2 aliphatic carbocycles. The summed E-state index contributed by atoms with van der Waals surface area (Å²) in [7, 11) is 0. The molecule has 0 spiro atoms. The van der Waals surface area contributed by atoms with Crippen LogP contribution in [0, 0.1) is 5.92 Å². The van der Waals surface area contributed by atoms with Gasteiger partial charge < -0.3 is 0 Å². The van der Waals surface area contributed by atoms with Crippen molar-refractivity contribution in [2.75, 3.05) is 0 Å². The molecule has 0 aliphatic heterocycles. The maximum Gasteiger partial charge on any atom is 0.347 e. The highest BCUT2D eigenvalue weighted by molar-refractivity contribution is 7.65. The molecule has 4 heteroatoms. The van der Waals surface area contributed by atoms with Crippen molar-refractivity contribution in [3.63, 3.8) is 0 Å². The fraction of sp³-hybridized carbons (Fsp3) is 1.00. The Hall–Kier alpha value is 1.09. The van der Waals surface area contributed by atoms with Gasteiger partial charge in [-0.15, -0.1) is 33.2 Å². The Morgan fingerprint density at radius 2 is 1.11 bits per heavy atom. The van der Waals surface area contributed by atoms with E-state index in [-0.39, 0.29) is 5.04 Å². The van der Waals surface area contributed by atoms with Crippen molar-refractivity contribution in [3.8, 4) is 0 Å². The van der Waals surface area contributed by atoms with Crippen LogP contribution in [-0.2, 0) is 0 Å². The second-order valence-corrected chi connectivity index (χ2v) is 15.1. The SMILES string of the molecule is Cl[Si](Cl)(Cl)C1(C2CCCCCC2)CCCCCC1. The lowest BCUT2D eigenvalue weighted by molar-refractivity contribution is 0.284. The molecule has 0 amide bonds. The molecule has 0 nitrogen and oxygen atoms in total. The number of halogens is 3. The van der Waals surface area contributed by atoms with E-state index in [1.807, 2.05) is 0 Å². The summed E-state index contributed by atoms with van der Waals surface area (Å²) in [5.74, 6) is 0.692. The lowest BCUT2D eigenvalue weighted by atomic mass is 9.80. The van der Waals surface area contributed by atoms with Crippen LogP contribution in [0.4, 0.5) is 0 Å². The minimum atomic E-state index is -2.63. The van der Waals surface area contributed by atoms with Gasteiger partial charge in [0.2, 0.25) is 0 Å². The third-order valence-corrected chi connectivity index (χ3v) is 10.6. The van der Waals surface area contributed by atoms with Crippen molar-refractivity contribution >= 4 is 39.2 Å². The molecule has 0 aromatic heterocycles. The summed E-state index contributed by atoms with van der Waals surface area (Å²) in [6.07, 6.45) is 15.7. The van der Waals surface area contributed by atoms with Crippen LogP contribution in [0.5, 0.6) is 0 Å². The van der Waals surface area contributed by atoms with Gasteiger partial charge in [0.05, 0.1) is 0 Å². The monoisotopic (exact) mass is 326 g/mol. The van der Waals surface area contributed by atoms with Crippen molar-refractivity contribution in [1.29, 1.82) is 0 Å². The third-order valence-electron chi connectivity index (χ3n) is 5.20. The summed E-state index contributed by atoms with van der Waals surface area (Å²) in [5.41, 5.74) is 0. The summed E-state index contributed by atoms with van der Waals surface area (Å²) in [5, 5.41) is 0.0957. The normalized spacial score (nSPS) is 27.5. The van der Waals surface area contributed by atoms with Gasteiger partial charge in [-0.25, -0.2) is 0 Å². The first kappa shape index (κ1) is 15.5. The van der Waals surface area contributed by atoms with Crippen LogP contribution in [0.3, 0.4) is 0 Å². The molecular weight excluding hydrogens is 303 g/mol. The molecule has 2 aliphatic rings. The Morgan fingerprint density at radius 3 is 1.56 bits per heavy atom. The second-order valence-electron chi connectivity index (χ2n) is 6.26. The predicted molar refractivity (Wildman–Crippen MR) is 84.9 cm³/mol. The fourth-order valence-electron chi connectivity index (χ4n) is 4.11. The molecule has 18 heavy (non-hydrogen) atoms. The van der Waals surface area contributed by atoms with E-state index in [0.29, 0.717) is 5.92 Å². The van der Waals surface area contributed by atoms with E-state index in [4.69, 9.17) is 33.2 Å². The van der Waals surface area contributed by atoms with Crippen LogP contribution < -0.4 is 0 Å². The number of hydrogen-bond donors (Lipinski definition) is 0. The second kappa shape index (κ2) is 6.69. The van der Waals surface area contributed by atoms with Gasteiger partial charge in [0, 0.05) is 5.04 Å². The standard InChI is InChI=1S/C14H25Cl3Si/c15-18(16,17)14(11-7-3-4-8-12-14)13-9-5-1-2-6-10-13/h13H,1-12H2. The number of hydrogen-bond acceptors (Lipinski definition) is 0. The van der Waals surface area contributed by atoms with Crippen molar-refractivity contribution in [2.24, 2.45) is 5.92 Å². The Labute approximate surface area is 127 Å². The van der Waals surface area contributed by atoms with Gasteiger partial charge in [0.1, 0.15) is 0 Å². The fourth-order valence-corrected chi connectivity index (χ4v) is 8.88. The Balaban J connectivity index is 2.21. The molecule has 0 atom stereocenters. The van der Waals surface area contributed by atoms with Crippen LogP contribution in [0.25, 0.3) is 0 Å². The molecule has 0 aromatic carbocycles. The molecule has 0 radical (unpaired) electrons. The van der Waals surface area contributed by atoms with E-state index in [2.05, 4.69) is 0 Å². The largest absolute Gasteiger partial charge is 0.347 e. The van der Waals surface area contributed by atoms with Crippen LogP contribution in [0.1, 0.15) is 77.0 Å². The van der Waals surface area contributed by atoms with Gasteiger partial charge in [-0.3, -0.25) is 0 Å². The van der Waals surface area contributed by atoms with E-state index in [9.17, 15) is 0 Å². The third kappa shape index (κ3) is 3.40. The van der Waals surface area contributed by atoms with Crippen molar-refractivity contribution in [1.82, 2.24) is 0 Å². The molecule has 0 bridgehead atoms. The Kier molecular flexibility index (Phi) is 5.76. The molecule has 2 rings (SSSR count). The van der Waals surface area contributed by atoms with Gasteiger partial charge in [0.25, 0.3) is 0 Å². The van der Waals surface area contributed by atoms with Gasteiger partial charge >= 0.3 is 6.00 Å². The highest BCUT2D eigenvalue weighted by atomic mass is 35.8. The average Bonchev–Trinajstić information content (AvgIpc) is 2.71. The molecular formula is C14H25Cl3Si. The van der Waals surface area contributed by atoms with E-state index in [1.165, 1.54) is 77.0 Å². The molecule has 106 valence electrons. The lowest BCUT2D eigenvalue weighted by Crippen LogP contribution is -2.39. The zero-order valence-corrected chi connectivity index (χ0v) is 14.5. The van der Waals surface area contributed by atoms with Crippen LogP contribution in [0.2, 0.25) is 5.04 Å². The molecule has 0 aromatic rings. The Morgan fingerprint density at radius 1 is 0.667 bits per heavy atom. The van der Waals surface area contributed by atoms with Crippen LogP contribution in [-0.4, -0.2) is 6.00 Å². The summed E-state index contributed by atoms with van der Waals surface area (Å²) in [4.78, 5) is 0. The zero-order valence-electron chi connectivity index (χ0n) is 11.2. The van der Waals surface area contributed by atoms with E-state index in [1.54, 1.807) is 0 Å². The summed E-state index contributed by atoms with van der Waals surface area (Å²) >= 11 is 19.8. The van der Waals surface area contributed by atoms with Gasteiger partial charge in [0.15, 0.2) is 0 Å². The summed E-state index contributed by atoms with van der Waals surface area (Å²) < 4.78 is 0. The first-order valence-electron chi connectivity index (χ1n) is 7.63. The summed E-state index contributed by atoms with van der Waals surface area (Å²) in [6, 6.07) is -2.63. The average molecular weight is 328 g/mol. The van der Waals surface area contributed by atoms with Crippen molar-refractivity contribution in [2.45, 2.75) is 82.1 Å². The minimum Gasteiger partial charge on any atom is -0.125 e. The topological polar surface area (TPSA) is 0 Å². The van der Waals surface area contributed by atoms with Gasteiger partial charge in [-0.05, 0) is 18.8 Å². The zero-order chi connectivity index (χ0) is 13.1. The van der Waals surface area contributed by atoms with Crippen molar-refractivity contribution in [3.05, 3.63) is 0 Å². The van der Waals surface area contributed by atoms with Gasteiger partial charge in [-0.2, -0.15) is 0 Å². The van der Waals surface area contributed by atoms with E-state index >= 15 is 0 Å². The molecule has 0 saturated heterocycles. The quantitative estimate of drug-likeness (QED) is 0.300. The first-order chi connectivity index (χ1) is 8.56. The lowest BCUT2D eigenvalue weighted by Gasteiger charge is -2.44. The van der Waals surface area contributed by atoms with Crippen molar-refractivity contribution < 1.29 is 0 Å².